The Kier molecular flexibility index (Phi) is 5.32. The average molecular weight is 413 g/mol. The van der Waals surface area contributed by atoms with Gasteiger partial charge < -0.3 is 4.90 Å². The number of anilines is 1. The molecule has 0 N–H and O–H groups in total. The van der Waals surface area contributed by atoms with E-state index < -0.39 is 11.7 Å². The predicted octanol–water partition coefficient (Wildman–Crippen LogP) is 5.59. The molecule has 0 unspecified atom stereocenters. The van der Waals surface area contributed by atoms with Crippen molar-refractivity contribution in [3.8, 4) is 11.3 Å². The zero-order valence-electron chi connectivity index (χ0n) is 16.8. The molecule has 30 heavy (non-hydrogen) atoms. The summed E-state index contributed by atoms with van der Waals surface area (Å²) < 4.78 is 41.2. The molecule has 2 aromatic carbocycles. The number of benzene rings is 2. The molecule has 4 rings (SSSR count). The number of alkyl halides is 3. The van der Waals surface area contributed by atoms with Crippen LogP contribution in [0.5, 0.6) is 0 Å². The summed E-state index contributed by atoms with van der Waals surface area (Å²) in [5, 5.41) is 9.35. The highest BCUT2D eigenvalue weighted by atomic mass is 19.4. The molecule has 4 aromatic rings. The lowest BCUT2D eigenvalue weighted by Gasteiger charge is -2.24. The Bertz CT molecular complexity index is 1180. The summed E-state index contributed by atoms with van der Waals surface area (Å²) in [6.45, 7) is 5.89. The molecule has 0 aliphatic heterocycles. The van der Waals surface area contributed by atoms with Crippen LogP contribution in [0.25, 0.3) is 27.8 Å². The van der Waals surface area contributed by atoms with Crippen LogP contribution in [0, 0.1) is 0 Å². The minimum Gasteiger partial charge on any atom is -0.356 e. The maximum Gasteiger partial charge on any atom is 0.416 e. The standard InChI is InChI=1S/C22H22F3N5/c1-3-12-29(13-4-2)20-17-10-5-6-11-18(17)30-21(26-20)19(27-28-30)15-8-7-9-16(14-15)22(23,24)25/h5-11,14H,3-4,12-13H2,1-2H3. The van der Waals surface area contributed by atoms with Crippen molar-refractivity contribution in [2.24, 2.45) is 0 Å². The summed E-state index contributed by atoms with van der Waals surface area (Å²) in [6.07, 6.45) is -2.51. The third-order valence-electron chi connectivity index (χ3n) is 4.98. The van der Waals surface area contributed by atoms with Gasteiger partial charge in [-0.3, -0.25) is 0 Å². The molecule has 0 aliphatic carbocycles. The van der Waals surface area contributed by atoms with Crippen LogP contribution in [0.15, 0.2) is 48.5 Å². The second-order valence-electron chi connectivity index (χ2n) is 7.19. The third kappa shape index (κ3) is 3.58. The Balaban J connectivity index is 1.97. The summed E-state index contributed by atoms with van der Waals surface area (Å²) in [6, 6.07) is 12.9. The molecule has 0 aliphatic rings. The second kappa shape index (κ2) is 7.93. The van der Waals surface area contributed by atoms with Crippen molar-refractivity contribution < 1.29 is 13.2 Å². The van der Waals surface area contributed by atoms with Crippen LogP contribution in [0.1, 0.15) is 32.3 Å². The number of halogens is 3. The summed E-state index contributed by atoms with van der Waals surface area (Å²) in [7, 11) is 0. The Morgan fingerprint density at radius 3 is 2.40 bits per heavy atom. The van der Waals surface area contributed by atoms with Crippen molar-refractivity contribution in [1.29, 1.82) is 0 Å². The van der Waals surface area contributed by atoms with Gasteiger partial charge in [-0.1, -0.05) is 43.3 Å². The molecule has 5 nitrogen and oxygen atoms in total. The fourth-order valence-electron chi connectivity index (χ4n) is 3.68. The largest absolute Gasteiger partial charge is 0.416 e. The smallest absolute Gasteiger partial charge is 0.356 e. The van der Waals surface area contributed by atoms with Crippen molar-refractivity contribution in [1.82, 2.24) is 19.8 Å². The number of rotatable bonds is 6. The van der Waals surface area contributed by atoms with Gasteiger partial charge in [-0.25, -0.2) is 4.98 Å². The van der Waals surface area contributed by atoms with Gasteiger partial charge in [0.25, 0.3) is 0 Å². The second-order valence-corrected chi connectivity index (χ2v) is 7.19. The highest BCUT2D eigenvalue weighted by Gasteiger charge is 2.31. The molecular weight excluding hydrogens is 391 g/mol. The normalized spacial score (nSPS) is 12.0. The van der Waals surface area contributed by atoms with Gasteiger partial charge in [0.15, 0.2) is 5.65 Å². The van der Waals surface area contributed by atoms with E-state index in [1.165, 1.54) is 6.07 Å². The molecule has 0 bridgehead atoms. The first-order chi connectivity index (χ1) is 14.4. The Hall–Kier alpha value is -3.16. The van der Waals surface area contributed by atoms with Gasteiger partial charge in [0.2, 0.25) is 0 Å². The fraction of sp³-hybridized carbons (Fsp3) is 0.318. The molecule has 156 valence electrons. The van der Waals surface area contributed by atoms with Gasteiger partial charge in [-0.15, -0.1) is 5.10 Å². The molecule has 0 spiro atoms. The molecule has 2 heterocycles. The van der Waals surface area contributed by atoms with E-state index in [9.17, 15) is 13.2 Å². The molecule has 0 saturated heterocycles. The fourth-order valence-corrected chi connectivity index (χ4v) is 3.68. The zero-order valence-corrected chi connectivity index (χ0v) is 16.8. The average Bonchev–Trinajstić information content (AvgIpc) is 3.17. The van der Waals surface area contributed by atoms with Gasteiger partial charge in [0, 0.05) is 24.0 Å². The van der Waals surface area contributed by atoms with Crippen molar-refractivity contribution in [3.05, 3.63) is 54.1 Å². The lowest BCUT2D eigenvalue weighted by atomic mass is 10.1. The van der Waals surface area contributed by atoms with Gasteiger partial charge in [0.1, 0.15) is 11.5 Å². The van der Waals surface area contributed by atoms with Crippen molar-refractivity contribution in [2.45, 2.75) is 32.9 Å². The van der Waals surface area contributed by atoms with Gasteiger partial charge >= 0.3 is 6.18 Å². The lowest BCUT2D eigenvalue weighted by Crippen LogP contribution is -2.26. The molecule has 0 amide bonds. The van der Waals surface area contributed by atoms with Crippen LogP contribution >= 0.6 is 0 Å². The first-order valence-corrected chi connectivity index (χ1v) is 10.0. The Morgan fingerprint density at radius 1 is 0.967 bits per heavy atom. The lowest BCUT2D eigenvalue weighted by molar-refractivity contribution is -0.137. The minimum absolute atomic E-state index is 0.334. The first-order valence-electron chi connectivity index (χ1n) is 10.0. The number of hydrogen-bond acceptors (Lipinski definition) is 4. The maximum absolute atomic E-state index is 13.2. The van der Waals surface area contributed by atoms with Crippen LogP contribution in [0.4, 0.5) is 19.0 Å². The topological polar surface area (TPSA) is 46.3 Å². The van der Waals surface area contributed by atoms with Crippen LogP contribution in [0.2, 0.25) is 0 Å². The Labute approximate surface area is 172 Å². The van der Waals surface area contributed by atoms with Crippen molar-refractivity contribution >= 4 is 22.4 Å². The highest BCUT2D eigenvalue weighted by molar-refractivity contribution is 5.93. The molecule has 0 radical (unpaired) electrons. The number of fused-ring (bicyclic) bond motifs is 3. The summed E-state index contributed by atoms with van der Waals surface area (Å²) in [5.74, 6) is 0.803. The quantitative estimate of drug-likeness (QED) is 0.413. The summed E-state index contributed by atoms with van der Waals surface area (Å²) >= 11 is 0. The van der Waals surface area contributed by atoms with Crippen LogP contribution in [0.3, 0.4) is 0 Å². The van der Waals surface area contributed by atoms with Gasteiger partial charge in [-0.05, 0) is 37.1 Å². The zero-order chi connectivity index (χ0) is 21.3. The molecule has 8 heteroatoms. The first kappa shape index (κ1) is 20.1. The SMILES string of the molecule is CCCN(CCC)c1nc2c(-c3cccc(C(F)(F)F)c3)nnn2c2ccccc12. The van der Waals surface area contributed by atoms with E-state index in [4.69, 9.17) is 4.98 Å². The molecular formula is C22H22F3N5. The van der Waals surface area contributed by atoms with Crippen LogP contribution in [-0.4, -0.2) is 32.9 Å². The van der Waals surface area contributed by atoms with E-state index >= 15 is 0 Å². The molecule has 2 aromatic heterocycles. The third-order valence-corrected chi connectivity index (χ3v) is 4.98. The highest BCUT2D eigenvalue weighted by Crippen LogP contribution is 2.34. The van der Waals surface area contributed by atoms with Gasteiger partial charge in [-0.2, -0.15) is 17.7 Å². The maximum atomic E-state index is 13.2. The van der Waals surface area contributed by atoms with Gasteiger partial charge in [0.05, 0.1) is 11.1 Å². The van der Waals surface area contributed by atoms with E-state index in [0.717, 1.165) is 54.8 Å². The summed E-state index contributed by atoms with van der Waals surface area (Å²) in [4.78, 5) is 7.07. The monoisotopic (exact) mass is 413 g/mol. The van der Waals surface area contributed by atoms with Crippen LogP contribution in [-0.2, 0) is 6.18 Å². The van der Waals surface area contributed by atoms with Crippen molar-refractivity contribution in [2.75, 3.05) is 18.0 Å². The van der Waals surface area contributed by atoms with Crippen molar-refractivity contribution in [3.63, 3.8) is 0 Å². The number of para-hydroxylation sites is 1. The van der Waals surface area contributed by atoms with E-state index in [0.29, 0.717) is 16.9 Å². The Morgan fingerprint density at radius 2 is 1.70 bits per heavy atom. The summed E-state index contributed by atoms with van der Waals surface area (Å²) in [5.41, 5.74) is 1.22. The molecule has 0 saturated carbocycles. The van der Waals surface area contributed by atoms with Crippen LogP contribution < -0.4 is 4.90 Å². The van der Waals surface area contributed by atoms with E-state index in [2.05, 4.69) is 29.1 Å². The van der Waals surface area contributed by atoms with E-state index in [1.807, 2.05) is 24.3 Å². The van der Waals surface area contributed by atoms with E-state index in [-0.39, 0.29) is 0 Å². The molecule has 0 atom stereocenters. The predicted molar refractivity (Wildman–Crippen MR) is 112 cm³/mol. The number of hydrogen-bond donors (Lipinski definition) is 0. The van der Waals surface area contributed by atoms with E-state index in [1.54, 1.807) is 10.6 Å². The number of aromatic nitrogens is 4. The minimum atomic E-state index is -4.43. The molecule has 0 fully saturated rings. The number of nitrogens with zero attached hydrogens (tertiary/aromatic N) is 5.